The third-order valence-corrected chi connectivity index (χ3v) is 20.2. The van der Waals surface area contributed by atoms with Crippen molar-refractivity contribution in [3.05, 3.63) is 242 Å². The molecular weight excluding hydrogens is 931 g/mol. The van der Waals surface area contributed by atoms with Crippen LogP contribution in [0.4, 0.5) is 11.4 Å². The van der Waals surface area contributed by atoms with Crippen LogP contribution in [0.5, 0.6) is 11.5 Å². The minimum Gasteiger partial charge on any atom is -0.507 e. The number of phenols is 2. The van der Waals surface area contributed by atoms with Crippen LogP contribution in [0, 0.1) is 0 Å². The molecule has 70 heavy (non-hydrogen) atoms. The second kappa shape index (κ2) is 22.9. The molecule has 0 heterocycles. The molecule has 10 aromatic carbocycles. The predicted octanol–water partition coefficient (Wildman–Crippen LogP) is 14.7. The molecule has 0 atom stereocenters. The minimum absolute atomic E-state index is 0.158. The van der Waals surface area contributed by atoms with E-state index < -0.39 is 15.8 Å². The maximum Gasteiger partial charge on any atom is 0.129 e. The molecule has 0 aliphatic carbocycles. The largest absolute Gasteiger partial charge is 0.507 e. The van der Waals surface area contributed by atoms with Gasteiger partial charge in [0, 0.05) is 68.0 Å². The molecule has 0 spiro atoms. The van der Waals surface area contributed by atoms with E-state index in [9.17, 15) is 10.2 Å². The third-order valence-electron chi connectivity index (χ3n) is 12.6. The molecule has 346 valence electrons. The van der Waals surface area contributed by atoms with E-state index in [2.05, 4.69) is 205 Å². The molecule has 8 heteroatoms. The molecule has 0 amide bonds. The van der Waals surface area contributed by atoms with Crippen molar-refractivity contribution in [3.63, 3.8) is 0 Å². The quantitative estimate of drug-likeness (QED) is 0.0478. The molecular formula is C62H54N2O2P2S2. The Labute approximate surface area is 422 Å². The number of thioether (sulfide) groups is 2. The first-order chi connectivity index (χ1) is 34.6. The second-order valence-corrected chi connectivity index (χ2v) is 24.1. The van der Waals surface area contributed by atoms with Gasteiger partial charge >= 0.3 is 0 Å². The Morgan fingerprint density at radius 2 is 0.671 bits per heavy atom. The molecule has 4 N–H and O–H groups in total. The molecule has 0 radical (unpaired) electrons. The number of fused-ring (bicyclic) bond motifs is 2. The van der Waals surface area contributed by atoms with Gasteiger partial charge in [0.25, 0.3) is 0 Å². The summed E-state index contributed by atoms with van der Waals surface area (Å²) in [4.78, 5) is 2.46. The highest BCUT2D eigenvalue weighted by atomic mass is 32.2. The van der Waals surface area contributed by atoms with E-state index in [-0.39, 0.29) is 11.5 Å². The van der Waals surface area contributed by atoms with E-state index >= 15 is 0 Å². The summed E-state index contributed by atoms with van der Waals surface area (Å²) in [5.41, 5.74) is 4.72. The van der Waals surface area contributed by atoms with Gasteiger partial charge in [-0.15, -0.1) is 23.5 Å². The van der Waals surface area contributed by atoms with Crippen molar-refractivity contribution in [1.29, 1.82) is 0 Å². The van der Waals surface area contributed by atoms with Crippen molar-refractivity contribution < 1.29 is 10.2 Å². The Hall–Kier alpha value is -6.52. The summed E-state index contributed by atoms with van der Waals surface area (Å²) in [6.07, 6.45) is 2.20. The van der Waals surface area contributed by atoms with Crippen molar-refractivity contribution in [2.75, 3.05) is 34.5 Å². The molecule has 0 fully saturated rings. The van der Waals surface area contributed by atoms with Crippen molar-refractivity contribution in [2.24, 2.45) is 0 Å². The number of anilines is 2. The fourth-order valence-corrected chi connectivity index (χ4v) is 16.1. The lowest BCUT2D eigenvalue weighted by molar-refractivity contribution is 0.464. The molecule has 0 aromatic heterocycles. The molecule has 10 rings (SSSR count). The molecule has 0 bridgehead atoms. The van der Waals surface area contributed by atoms with E-state index in [4.69, 9.17) is 0 Å². The topological polar surface area (TPSA) is 64.5 Å². The maximum absolute atomic E-state index is 12.3. The fourth-order valence-electron chi connectivity index (χ4n) is 9.05. The first-order valence-corrected chi connectivity index (χ1v) is 28.7. The van der Waals surface area contributed by atoms with E-state index in [0.29, 0.717) is 24.2 Å². The van der Waals surface area contributed by atoms with Crippen molar-refractivity contribution in [3.8, 4) is 22.6 Å². The fraction of sp³-hybridized carbons (Fsp3) is 0.0968. The van der Waals surface area contributed by atoms with Crippen LogP contribution in [0.1, 0.15) is 11.1 Å². The number of nitrogens with one attached hydrogen (secondary N) is 2. The zero-order chi connectivity index (χ0) is 47.5. The van der Waals surface area contributed by atoms with Gasteiger partial charge in [0.15, 0.2) is 0 Å². The summed E-state index contributed by atoms with van der Waals surface area (Å²) >= 11 is 3.78. The molecule has 0 unspecified atom stereocenters. The molecule has 4 nitrogen and oxygen atoms in total. The first kappa shape index (κ1) is 47.2. The maximum atomic E-state index is 12.3. The number of phenolic OH excluding ortho intramolecular Hbond substituents is 2. The van der Waals surface area contributed by atoms with Gasteiger partial charge in [-0.3, -0.25) is 0 Å². The summed E-state index contributed by atoms with van der Waals surface area (Å²) in [6, 6.07) is 81.2. The SMILES string of the molecule is Oc1c(CNc2ccc(SCCP(c3ccccc3)c3ccccc3)cc2)cc2ccccc2c1-c1c(O)c(CNc2ccc(SCCP(c3ccccc3)c3ccccc3)cc2)cc2ccccc12. The van der Waals surface area contributed by atoms with E-state index in [1.54, 1.807) is 0 Å². The van der Waals surface area contributed by atoms with Gasteiger partial charge in [0.05, 0.1) is 0 Å². The number of rotatable bonds is 19. The van der Waals surface area contributed by atoms with Crippen molar-refractivity contribution in [1.82, 2.24) is 0 Å². The second-order valence-electron chi connectivity index (χ2n) is 17.1. The Morgan fingerprint density at radius 1 is 0.357 bits per heavy atom. The average Bonchev–Trinajstić information content (AvgIpc) is 3.42. The lowest BCUT2D eigenvalue weighted by Gasteiger charge is -2.20. The van der Waals surface area contributed by atoms with E-state index in [1.165, 1.54) is 31.0 Å². The summed E-state index contributed by atoms with van der Waals surface area (Å²) in [5, 5.41) is 41.2. The van der Waals surface area contributed by atoms with Gasteiger partial charge in [-0.05, 0) is 132 Å². The zero-order valence-electron chi connectivity index (χ0n) is 38.8. The molecule has 0 aliphatic heterocycles. The predicted molar refractivity (Wildman–Crippen MR) is 307 cm³/mol. The number of benzene rings is 10. The van der Waals surface area contributed by atoms with Crippen LogP contribution in [0.15, 0.2) is 240 Å². The van der Waals surface area contributed by atoms with Crippen molar-refractivity contribution >= 4 is 93.5 Å². The van der Waals surface area contributed by atoms with Crippen LogP contribution in [-0.2, 0) is 13.1 Å². The normalized spacial score (nSPS) is 11.4. The minimum atomic E-state index is -0.437. The smallest absolute Gasteiger partial charge is 0.129 e. The van der Waals surface area contributed by atoms with Crippen LogP contribution >= 0.6 is 39.4 Å². The van der Waals surface area contributed by atoms with Gasteiger partial charge in [-0.25, -0.2) is 0 Å². The Bertz CT molecular complexity index is 2990. The van der Waals surface area contributed by atoms with Gasteiger partial charge in [0.1, 0.15) is 11.5 Å². The molecule has 0 saturated carbocycles. The van der Waals surface area contributed by atoms with Crippen LogP contribution in [0.2, 0.25) is 0 Å². The van der Waals surface area contributed by atoms with Gasteiger partial charge in [0.2, 0.25) is 0 Å². The highest BCUT2D eigenvalue weighted by molar-refractivity contribution is 8.00. The highest BCUT2D eigenvalue weighted by Gasteiger charge is 2.22. The highest BCUT2D eigenvalue weighted by Crippen LogP contribution is 2.48. The van der Waals surface area contributed by atoms with Crippen LogP contribution in [0.3, 0.4) is 0 Å². The molecule has 10 aromatic rings. The van der Waals surface area contributed by atoms with E-state index in [0.717, 1.165) is 67.9 Å². The summed E-state index contributed by atoms with van der Waals surface area (Å²) < 4.78 is 0. The Balaban J connectivity index is 0.829. The monoisotopic (exact) mass is 984 g/mol. The lowest BCUT2D eigenvalue weighted by atomic mass is 9.88. The van der Waals surface area contributed by atoms with Gasteiger partial charge in [-0.1, -0.05) is 170 Å². The van der Waals surface area contributed by atoms with Gasteiger partial charge < -0.3 is 20.8 Å². The number of hydrogen-bond acceptors (Lipinski definition) is 6. The first-order valence-electron chi connectivity index (χ1n) is 23.7. The zero-order valence-corrected chi connectivity index (χ0v) is 42.2. The molecule has 0 saturated heterocycles. The lowest BCUT2D eigenvalue weighted by Crippen LogP contribution is -2.14. The van der Waals surface area contributed by atoms with Crippen LogP contribution < -0.4 is 31.9 Å². The summed E-state index contributed by atoms with van der Waals surface area (Å²) in [5.74, 6) is 2.36. The summed E-state index contributed by atoms with van der Waals surface area (Å²) in [6.45, 7) is 0.814. The molecule has 0 aliphatic rings. The number of aromatic hydroxyl groups is 2. The third kappa shape index (κ3) is 11.2. The van der Waals surface area contributed by atoms with Crippen LogP contribution in [0.25, 0.3) is 32.7 Å². The Morgan fingerprint density at radius 3 is 1.01 bits per heavy atom. The average molecular weight is 985 g/mol. The Kier molecular flexibility index (Phi) is 15.5. The van der Waals surface area contributed by atoms with Gasteiger partial charge in [-0.2, -0.15) is 0 Å². The van der Waals surface area contributed by atoms with E-state index in [1.807, 2.05) is 59.9 Å². The van der Waals surface area contributed by atoms with Crippen LogP contribution in [-0.4, -0.2) is 34.0 Å². The standard InChI is InChI=1S/C62H54N2O2P2S2/c65-61-47(43-63-49-29-33-55(34-30-49)69-39-37-67(51-19-5-1-6-20-51)52-21-7-2-8-22-52)41-45-17-13-15-27-57(45)59(61)60-58-28-16-14-18-46(58)42-48(62(60)66)44-64-50-31-35-56(36-32-50)70-40-38-68(53-23-9-3-10-24-53)54-25-11-4-12-26-54/h1-36,41-42,63-66H,37-40,43-44H2. The van der Waals surface area contributed by atoms with Crippen molar-refractivity contribution in [2.45, 2.75) is 22.9 Å². The summed E-state index contributed by atoms with van der Waals surface area (Å²) in [7, 11) is -0.875. The number of hydrogen-bond donors (Lipinski definition) is 4.